The number of benzene rings is 1. The molecular weight excluding hydrogens is 300 g/mol. The number of carbonyl (C=O) groups is 2. The van der Waals surface area contributed by atoms with Gasteiger partial charge >= 0.3 is 0 Å². The molecule has 1 aromatic carbocycles. The number of hydrogen-bond acceptors (Lipinski definition) is 5. The van der Waals surface area contributed by atoms with Crippen molar-refractivity contribution in [2.45, 2.75) is 13.3 Å². The summed E-state index contributed by atoms with van der Waals surface area (Å²) in [4.78, 5) is 25.5. The van der Waals surface area contributed by atoms with Gasteiger partial charge in [-0.1, -0.05) is 0 Å². The number of anilines is 1. The van der Waals surface area contributed by atoms with E-state index in [9.17, 15) is 9.59 Å². The van der Waals surface area contributed by atoms with Gasteiger partial charge in [0.2, 0.25) is 18.6 Å². The van der Waals surface area contributed by atoms with E-state index in [-0.39, 0.29) is 31.1 Å². The third-order valence-corrected chi connectivity index (χ3v) is 3.90. The van der Waals surface area contributed by atoms with Crippen molar-refractivity contribution in [2.75, 3.05) is 38.0 Å². The van der Waals surface area contributed by atoms with Crippen molar-refractivity contribution in [2.24, 2.45) is 5.92 Å². The lowest BCUT2D eigenvalue weighted by Crippen LogP contribution is -2.33. The van der Waals surface area contributed by atoms with Crippen LogP contribution in [-0.4, -0.2) is 44.9 Å². The number of hydrogen-bond donors (Lipinski definition) is 1. The molecule has 1 saturated heterocycles. The van der Waals surface area contributed by atoms with Gasteiger partial charge in [-0.05, 0) is 19.1 Å². The largest absolute Gasteiger partial charge is 0.454 e. The Balaban J connectivity index is 1.56. The first-order valence-electron chi connectivity index (χ1n) is 7.72. The maximum atomic E-state index is 12.2. The summed E-state index contributed by atoms with van der Waals surface area (Å²) in [5.74, 6) is 1.34. The number of rotatable bonds is 6. The summed E-state index contributed by atoms with van der Waals surface area (Å²) < 4.78 is 15.7. The summed E-state index contributed by atoms with van der Waals surface area (Å²) in [6, 6.07) is 5.47. The van der Waals surface area contributed by atoms with Crippen LogP contribution in [0.4, 0.5) is 5.69 Å². The second-order valence-electron chi connectivity index (χ2n) is 5.55. The Labute approximate surface area is 134 Å². The molecule has 1 aromatic rings. The molecule has 2 aliphatic rings. The van der Waals surface area contributed by atoms with E-state index in [1.54, 1.807) is 4.90 Å². The third kappa shape index (κ3) is 3.56. The molecule has 1 atom stereocenters. The van der Waals surface area contributed by atoms with E-state index in [1.807, 2.05) is 25.1 Å². The van der Waals surface area contributed by atoms with Crippen molar-refractivity contribution < 1.29 is 23.8 Å². The minimum absolute atomic E-state index is 0.0490. The zero-order valence-electron chi connectivity index (χ0n) is 13.0. The first-order chi connectivity index (χ1) is 11.2. The molecule has 0 radical (unpaired) electrons. The van der Waals surface area contributed by atoms with Crippen molar-refractivity contribution in [1.29, 1.82) is 0 Å². The Morgan fingerprint density at radius 2 is 2.22 bits per heavy atom. The van der Waals surface area contributed by atoms with Gasteiger partial charge in [0.1, 0.15) is 6.61 Å². The molecule has 1 fully saturated rings. The van der Waals surface area contributed by atoms with Crippen molar-refractivity contribution in [3.63, 3.8) is 0 Å². The fraction of sp³-hybridized carbons (Fsp3) is 0.500. The molecule has 0 aromatic heterocycles. The van der Waals surface area contributed by atoms with E-state index < -0.39 is 0 Å². The number of nitrogens with zero attached hydrogens (tertiary/aromatic N) is 1. The monoisotopic (exact) mass is 320 g/mol. The SMILES string of the molecule is CCOCC(=O)NC[C@@H]1CC(=O)N(c2ccc3c(c2)OCO3)C1. The zero-order chi connectivity index (χ0) is 16.2. The number of amides is 2. The quantitative estimate of drug-likeness (QED) is 0.843. The topological polar surface area (TPSA) is 77.1 Å². The Bertz CT molecular complexity index is 604. The Kier molecular flexibility index (Phi) is 4.66. The highest BCUT2D eigenvalue weighted by atomic mass is 16.7. The van der Waals surface area contributed by atoms with Gasteiger partial charge in [0.25, 0.3) is 0 Å². The van der Waals surface area contributed by atoms with Crippen LogP contribution in [0, 0.1) is 5.92 Å². The fourth-order valence-electron chi connectivity index (χ4n) is 2.72. The van der Waals surface area contributed by atoms with Crippen LogP contribution in [0.1, 0.15) is 13.3 Å². The Hall–Kier alpha value is -2.28. The number of fused-ring (bicyclic) bond motifs is 1. The van der Waals surface area contributed by atoms with E-state index in [1.165, 1.54) is 0 Å². The summed E-state index contributed by atoms with van der Waals surface area (Å²) in [5, 5.41) is 2.81. The molecule has 2 aliphatic heterocycles. The lowest BCUT2D eigenvalue weighted by Gasteiger charge is -2.17. The Morgan fingerprint density at radius 1 is 1.39 bits per heavy atom. The van der Waals surface area contributed by atoms with Gasteiger partial charge < -0.3 is 24.4 Å². The van der Waals surface area contributed by atoms with Crippen LogP contribution in [-0.2, 0) is 14.3 Å². The van der Waals surface area contributed by atoms with Gasteiger partial charge in [-0.25, -0.2) is 0 Å². The van der Waals surface area contributed by atoms with Gasteiger partial charge in [0, 0.05) is 43.8 Å². The average molecular weight is 320 g/mol. The molecule has 7 heteroatoms. The molecule has 2 amide bonds. The molecule has 23 heavy (non-hydrogen) atoms. The van der Waals surface area contributed by atoms with E-state index in [2.05, 4.69) is 5.32 Å². The molecule has 0 unspecified atom stereocenters. The average Bonchev–Trinajstić information content (AvgIpc) is 3.16. The number of nitrogens with one attached hydrogen (secondary N) is 1. The highest BCUT2D eigenvalue weighted by Crippen LogP contribution is 2.37. The Morgan fingerprint density at radius 3 is 3.04 bits per heavy atom. The van der Waals surface area contributed by atoms with Gasteiger partial charge in [-0.3, -0.25) is 9.59 Å². The molecule has 7 nitrogen and oxygen atoms in total. The predicted octanol–water partition coefficient (Wildman–Crippen LogP) is 0.921. The highest BCUT2D eigenvalue weighted by molar-refractivity contribution is 5.96. The lowest BCUT2D eigenvalue weighted by atomic mass is 10.1. The van der Waals surface area contributed by atoms with E-state index >= 15 is 0 Å². The smallest absolute Gasteiger partial charge is 0.246 e. The van der Waals surface area contributed by atoms with Crippen LogP contribution in [0.5, 0.6) is 11.5 Å². The summed E-state index contributed by atoms with van der Waals surface area (Å²) >= 11 is 0. The van der Waals surface area contributed by atoms with Crippen LogP contribution in [0.3, 0.4) is 0 Å². The summed E-state index contributed by atoms with van der Waals surface area (Å²) in [5.41, 5.74) is 0.794. The molecule has 1 N–H and O–H groups in total. The van der Waals surface area contributed by atoms with Crippen molar-refractivity contribution in [3.05, 3.63) is 18.2 Å². The number of carbonyl (C=O) groups excluding carboxylic acids is 2. The van der Waals surface area contributed by atoms with Crippen LogP contribution in [0.25, 0.3) is 0 Å². The van der Waals surface area contributed by atoms with Crippen LogP contribution in [0.2, 0.25) is 0 Å². The molecule has 2 heterocycles. The molecule has 0 bridgehead atoms. The van der Waals surface area contributed by atoms with E-state index in [0.717, 1.165) is 5.69 Å². The van der Waals surface area contributed by atoms with Crippen LogP contribution >= 0.6 is 0 Å². The van der Waals surface area contributed by atoms with E-state index in [0.29, 0.717) is 37.6 Å². The van der Waals surface area contributed by atoms with Crippen molar-refractivity contribution in [1.82, 2.24) is 5.32 Å². The first-order valence-corrected chi connectivity index (χ1v) is 7.72. The van der Waals surface area contributed by atoms with Gasteiger partial charge in [0.05, 0.1) is 0 Å². The molecule has 124 valence electrons. The van der Waals surface area contributed by atoms with Crippen molar-refractivity contribution >= 4 is 17.5 Å². The van der Waals surface area contributed by atoms with Crippen LogP contribution < -0.4 is 19.7 Å². The third-order valence-electron chi connectivity index (χ3n) is 3.90. The van der Waals surface area contributed by atoms with E-state index in [4.69, 9.17) is 14.2 Å². The maximum Gasteiger partial charge on any atom is 0.246 e. The van der Waals surface area contributed by atoms with Gasteiger partial charge in [-0.15, -0.1) is 0 Å². The molecule has 0 spiro atoms. The number of ether oxygens (including phenoxy) is 3. The molecular formula is C16H20N2O5. The second-order valence-corrected chi connectivity index (χ2v) is 5.55. The van der Waals surface area contributed by atoms with Crippen LogP contribution in [0.15, 0.2) is 18.2 Å². The maximum absolute atomic E-state index is 12.2. The summed E-state index contributed by atoms with van der Waals surface area (Å²) in [6.07, 6.45) is 0.420. The minimum atomic E-state index is -0.152. The minimum Gasteiger partial charge on any atom is -0.454 e. The first kappa shape index (κ1) is 15.6. The second kappa shape index (κ2) is 6.87. The van der Waals surface area contributed by atoms with Gasteiger partial charge in [-0.2, -0.15) is 0 Å². The fourth-order valence-corrected chi connectivity index (χ4v) is 2.72. The molecule has 0 saturated carbocycles. The normalized spacial score (nSPS) is 19.3. The molecule has 3 rings (SSSR count). The highest BCUT2D eigenvalue weighted by Gasteiger charge is 2.31. The van der Waals surface area contributed by atoms with Crippen molar-refractivity contribution in [3.8, 4) is 11.5 Å². The zero-order valence-corrected chi connectivity index (χ0v) is 13.0. The predicted molar refractivity (Wildman–Crippen MR) is 82.5 cm³/mol. The standard InChI is InChI=1S/C16H20N2O5/c1-2-21-9-15(19)17-7-11-5-16(20)18(8-11)12-3-4-13-14(6-12)23-10-22-13/h3-4,6,11H,2,5,7-10H2,1H3,(H,17,19)/t11-/m0/s1. The van der Waals surface area contributed by atoms with Gasteiger partial charge in [0.15, 0.2) is 11.5 Å². The summed E-state index contributed by atoms with van der Waals surface area (Å²) in [7, 11) is 0. The lowest BCUT2D eigenvalue weighted by molar-refractivity contribution is -0.125. The summed E-state index contributed by atoms with van der Waals surface area (Å²) in [6.45, 7) is 3.66. The molecule has 0 aliphatic carbocycles.